The average Bonchev–Trinajstić information content (AvgIpc) is 2.14. The van der Waals surface area contributed by atoms with E-state index in [4.69, 9.17) is 4.84 Å². The van der Waals surface area contributed by atoms with E-state index in [0.29, 0.717) is 0 Å². The number of carbonyl (C=O) groups is 1. The maximum atomic E-state index is 11.1. The van der Waals surface area contributed by atoms with Crippen molar-refractivity contribution >= 4 is 5.78 Å². The first-order valence-electron chi connectivity index (χ1n) is 5.95. The zero-order valence-corrected chi connectivity index (χ0v) is 11.2. The minimum Gasteiger partial charge on any atom is -0.311 e. The molecule has 0 rings (SSSR count). The van der Waals surface area contributed by atoms with E-state index in [1.54, 1.807) is 6.92 Å². The number of Topliss-reactive ketones (excluding diaryl/α,β-unsaturated/α-hetero) is 1. The molecule has 0 aliphatic carbocycles. The van der Waals surface area contributed by atoms with Crippen molar-refractivity contribution < 1.29 is 9.63 Å². The Bertz CT molecular complexity index is 200. The minimum absolute atomic E-state index is 0.00327. The van der Waals surface area contributed by atoms with Crippen molar-refractivity contribution in [1.82, 2.24) is 10.8 Å². The van der Waals surface area contributed by atoms with Crippen molar-refractivity contribution in [2.24, 2.45) is 0 Å². The normalized spacial score (nSPS) is 13.8. The number of carbonyl (C=O) groups excluding carboxylic acids is 1. The van der Waals surface area contributed by atoms with Gasteiger partial charge in [-0.25, -0.2) is 5.48 Å². The standard InChI is InChI=1S/C12H26N2O2/c1-10(15)11(13-5)8-6-7-9-14-16-12(2,3)4/h11,13-14H,6-9H2,1-5H3. The monoisotopic (exact) mass is 230 g/mol. The van der Waals surface area contributed by atoms with Crippen LogP contribution in [0, 0.1) is 0 Å². The second-order valence-electron chi connectivity index (χ2n) is 5.06. The van der Waals surface area contributed by atoms with Gasteiger partial charge in [-0.2, -0.15) is 0 Å². The fraction of sp³-hybridized carbons (Fsp3) is 0.917. The molecule has 4 nitrogen and oxygen atoms in total. The van der Waals surface area contributed by atoms with Gasteiger partial charge < -0.3 is 5.32 Å². The molecule has 0 amide bonds. The molecular weight excluding hydrogens is 204 g/mol. The van der Waals surface area contributed by atoms with E-state index in [1.165, 1.54) is 0 Å². The van der Waals surface area contributed by atoms with Gasteiger partial charge in [-0.1, -0.05) is 6.42 Å². The molecule has 0 aromatic rings. The smallest absolute Gasteiger partial charge is 0.146 e. The van der Waals surface area contributed by atoms with Crippen molar-refractivity contribution in [2.75, 3.05) is 13.6 Å². The summed E-state index contributed by atoms with van der Waals surface area (Å²) in [4.78, 5) is 16.5. The predicted molar refractivity (Wildman–Crippen MR) is 66.2 cm³/mol. The van der Waals surface area contributed by atoms with Crippen LogP contribution in [0.25, 0.3) is 0 Å². The molecule has 1 atom stereocenters. The number of hydroxylamine groups is 1. The molecule has 0 aromatic carbocycles. The third-order valence-electron chi connectivity index (χ3n) is 2.24. The first-order chi connectivity index (χ1) is 7.37. The first-order valence-corrected chi connectivity index (χ1v) is 5.95. The van der Waals surface area contributed by atoms with E-state index in [-0.39, 0.29) is 17.4 Å². The molecule has 0 bridgehead atoms. The molecule has 16 heavy (non-hydrogen) atoms. The molecule has 0 radical (unpaired) electrons. The maximum absolute atomic E-state index is 11.1. The predicted octanol–water partition coefficient (Wildman–Crippen LogP) is 1.65. The van der Waals surface area contributed by atoms with E-state index in [2.05, 4.69) is 10.8 Å². The van der Waals surface area contributed by atoms with E-state index in [1.807, 2.05) is 27.8 Å². The molecule has 1 unspecified atom stereocenters. The van der Waals surface area contributed by atoms with Crippen LogP contribution in [0.1, 0.15) is 47.0 Å². The molecule has 0 fully saturated rings. The van der Waals surface area contributed by atoms with Crippen LogP contribution in [-0.4, -0.2) is 31.0 Å². The number of unbranched alkanes of at least 4 members (excludes halogenated alkanes) is 1. The second kappa shape index (κ2) is 7.76. The van der Waals surface area contributed by atoms with Crippen molar-refractivity contribution in [3.63, 3.8) is 0 Å². The third-order valence-corrected chi connectivity index (χ3v) is 2.24. The molecule has 0 saturated carbocycles. The zero-order chi connectivity index (χ0) is 12.6. The molecule has 0 saturated heterocycles. The van der Waals surface area contributed by atoms with Crippen molar-refractivity contribution in [3.05, 3.63) is 0 Å². The summed E-state index contributed by atoms with van der Waals surface area (Å²) in [5.74, 6) is 0.210. The zero-order valence-electron chi connectivity index (χ0n) is 11.2. The van der Waals surface area contributed by atoms with Gasteiger partial charge in [-0.15, -0.1) is 0 Å². The Morgan fingerprint density at radius 3 is 2.38 bits per heavy atom. The SMILES string of the molecule is CNC(CCCCNOC(C)(C)C)C(C)=O. The summed E-state index contributed by atoms with van der Waals surface area (Å²) < 4.78 is 0. The Morgan fingerprint density at radius 1 is 1.31 bits per heavy atom. The molecule has 0 heterocycles. The van der Waals surface area contributed by atoms with Crippen LogP contribution in [-0.2, 0) is 9.63 Å². The van der Waals surface area contributed by atoms with Gasteiger partial charge in [0.1, 0.15) is 5.78 Å². The highest BCUT2D eigenvalue weighted by Crippen LogP contribution is 2.04. The van der Waals surface area contributed by atoms with Crippen LogP contribution in [0.3, 0.4) is 0 Å². The Labute approximate surface area is 99.1 Å². The summed E-state index contributed by atoms with van der Waals surface area (Å²) in [6, 6.07) is 0.00327. The van der Waals surface area contributed by atoms with Crippen LogP contribution < -0.4 is 10.8 Å². The summed E-state index contributed by atoms with van der Waals surface area (Å²) in [5, 5.41) is 3.02. The Hall–Kier alpha value is -0.450. The van der Waals surface area contributed by atoms with Gasteiger partial charge in [0.15, 0.2) is 0 Å². The minimum atomic E-state index is -0.146. The summed E-state index contributed by atoms with van der Waals surface area (Å²) in [6.45, 7) is 8.47. The first kappa shape index (κ1) is 15.6. The third kappa shape index (κ3) is 8.83. The lowest BCUT2D eigenvalue weighted by Crippen LogP contribution is -2.32. The number of ketones is 1. The Morgan fingerprint density at radius 2 is 1.94 bits per heavy atom. The van der Waals surface area contributed by atoms with Crippen LogP contribution in [0.2, 0.25) is 0 Å². The molecule has 0 aliphatic rings. The molecule has 0 spiro atoms. The maximum Gasteiger partial charge on any atom is 0.146 e. The summed E-state index contributed by atoms with van der Waals surface area (Å²) in [6.07, 6.45) is 2.93. The molecule has 4 heteroatoms. The number of rotatable bonds is 8. The second-order valence-corrected chi connectivity index (χ2v) is 5.06. The fourth-order valence-corrected chi connectivity index (χ4v) is 1.36. The van der Waals surface area contributed by atoms with Gasteiger partial charge in [-0.05, 0) is 47.6 Å². The lowest BCUT2D eigenvalue weighted by atomic mass is 10.1. The highest BCUT2D eigenvalue weighted by molar-refractivity contribution is 5.81. The van der Waals surface area contributed by atoms with Gasteiger partial charge in [0.05, 0.1) is 11.6 Å². The largest absolute Gasteiger partial charge is 0.311 e. The number of nitrogens with one attached hydrogen (secondary N) is 2. The van der Waals surface area contributed by atoms with Gasteiger partial charge in [-0.3, -0.25) is 9.63 Å². The molecule has 0 aliphatic heterocycles. The highest BCUT2D eigenvalue weighted by Gasteiger charge is 2.11. The van der Waals surface area contributed by atoms with Crippen LogP contribution in [0.5, 0.6) is 0 Å². The van der Waals surface area contributed by atoms with E-state index >= 15 is 0 Å². The van der Waals surface area contributed by atoms with Gasteiger partial charge in [0, 0.05) is 6.54 Å². The molecular formula is C12H26N2O2. The number of hydrogen-bond donors (Lipinski definition) is 2. The summed E-state index contributed by atoms with van der Waals surface area (Å²) in [5.41, 5.74) is 2.80. The summed E-state index contributed by atoms with van der Waals surface area (Å²) >= 11 is 0. The van der Waals surface area contributed by atoms with Crippen molar-refractivity contribution in [2.45, 2.75) is 58.6 Å². The van der Waals surface area contributed by atoms with E-state index in [0.717, 1.165) is 25.8 Å². The Balaban J connectivity index is 3.43. The van der Waals surface area contributed by atoms with Crippen molar-refractivity contribution in [1.29, 1.82) is 0 Å². The van der Waals surface area contributed by atoms with Crippen LogP contribution in [0.4, 0.5) is 0 Å². The van der Waals surface area contributed by atoms with Gasteiger partial charge in [0.25, 0.3) is 0 Å². The van der Waals surface area contributed by atoms with E-state index < -0.39 is 0 Å². The molecule has 0 aromatic heterocycles. The van der Waals surface area contributed by atoms with Crippen LogP contribution in [0.15, 0.2) is 0 Å². The van der Waals surface area contributed by atoms with Crippen LogP contribution >= 0.6 is 0 Å². The quantitative estimate of drug-likeness (QED) is 0.492. The highest BCUT2D eigenvalue weighted by atomic mass is 16.7. The summed E-state index contributed by atoms with van der Waals surface area (Å²) in [7, 11) is 1.83. The van der Waals surface area contributed by atoms with Gasteiger partial charge in [0.2, 0.25) is 0 Å². The topological polar surface area (TPSA) is 50.4 Å². The fourth-order valence-electron chi connectivity index (χ4n) is 1.36. The Kier molecular flexibility index (Phi) is 7.55. The van der Waals surface area contributed by atoms with Gasteiger partial charge >= 0.3 is 0 Å². The molecule has 96 valence electrons. The molecule has 2 N–H and O–H groups in total. The van der Waals surface area contributed by atoms with E-state index in [9.17, 15) is 4.79 Å². The average molecular weight is 230 g/mol. The van der Waals surface area contributed by atoms with Crippen molar-refractivity contribution in [3.8, 4) is 0 Å². The number of hydrogen-bond acceptors (Lipinski definition) is 4. The number of likely N-dealkylation sites (N-methyl/N-ethyl adjacent to an activating group) is 1. The lowest BCUT2D eigenvalue weighted by Gasteiger charge is -2.19. The lowest BCUT2D eigenvalue weighted by molar-refractivity contribution is -0.119.